The van der Waals surface area contributed by atoms with Crippen LogP contribution < -0.4 is 14.8 Å². The van der Waals surface area contributed by atoms with Crippen molar-refractivity contribution in [1.29, 1.82) is 0 Å². The van der Waals surface area contributed by atoms with Crippen LogP contribution in [0, 0.1) is 0 Å². The molecule has 0 spiro atoms. The number of fused-ring (bicyclic) bond motifs is 1. The Morgan fingerprint density at radius 2 is 1.94 bits per heavy atom. The monoisotopic (exact) mass is 247 g/mol. The van der Waals surface area contributed by atoms with E-state index in [0.29, 0.717) is 6.79 Å². The molecule has 98 valence electrons. The summed E-state index contributed by atoms with van der Waals surface area (Å²) in [7, 11) is 0. The average Bonchev–Trinajstić information content (AvgIpc) is 3.05. The molecular weight excluding hydrogens is 226 g/mol. The van der Waals surface area contributed by atoms with Crippen LogP contribution in [-0.4, -0.2) is 19.4 Å². The quantitative estimate of drug-likeness (QED) is 0.812. The first kappa shape index (κ1) is 11.8. The molecule has 1 saturated carbocycles. The molecule has 3 heteroatoms. The molecule has 2 aliphatic rings. The zero-order valence-corrected chi connectivity index (χ0v) is 10.8. The SMILES string of the molecule is c1cc2c(cc1CCCNC1CCCC1)OCO2. The van der Waals surface area contributed by atoms with Gasteiger partial charge < -0.3 is 14.8 Å². The predicted molar refractivity (Wildman–Crippen MR) is 71.1 cm³/mol. The maximum Gasteiger partial charge on any atom is 0.231 e. The minimum absolute atomic E-state index is 0.363. The number of benzene rings is 1. The van der Waals surface area contributed by atoms with E-state index in [0.717, 1.165) is 30.5 Å². The van der Waals surface area contributed by atoms with Crippen LogP contribution in [0.15, 0.2) is 18.2 Å². The van der Waals surface area contributed by atoms with E-state index in [9.17, 15) is 0 Å². The summed E-state index contributed by atoms with van der Waals surface area (Å²) in [6.07, 6.45) is 7.83. The molecule has 1 aromatic rings. The number of ether oxygens (including phenoxy) is 2. The van der Waals surface area contributed by atoms with Crippen molar-refractivity contribution >= 4 is 0 Å². The fraction of sp³-hybridized carbons (Fsp3) is 0.600. The van der Waals surface area contributed by atoms with Crippen molar-refractivity contribution in [3.63, 3.8) is 0 Å². The van der Waals surface area contributed by atoms with E-state index in [2.05, 4.69) is 17.4 Å². The molecule has 0 aromatic heterocycles. The van der Waals surface area contributed by atoms with E-state index in [-0.39, 0.29) is 0 Å². The second-order valence-corrected chi connectivity index (χ2v) is 5.23. The lowest BCUT2D eigenvalue weighted by atomic mass is 10.1. The normalized spacial score (nSPS) is 18.4. The van der Waals surface area contributed by atoms with Crippen molar-refractivity contribution in [3.8, 4) is 11.5 Å². The van der Waals surface area contributed by atoms with Gasteiger partial charge in [-0.05, 0) is 49.9 Å². The van der Waals surface area contributed by atoms with E-state index in [1.807, 2.05) is 6.07 Å². The molecule has 1 aliphatic carbocycles. The number of hydrogen-bond acceptors (Lipinski definition) is 3. The Morgan fingerprint density at radius 1 is 1.11 bits per heavy atom. The van der Waals surface area contributed by atoms with Gasteiger partial charge in [-0.3, -0.25) is 0 Å². The smallest absolute Gasteiger partial charge is 0.231 e. The van der Waals surface area contributed by atoms with Crippen molar-refractivity contribution in [2.45, 2.75) is 44.6 Å². The molecule has 18 heavy (non-hydrogen) atoms. The van der Waals surface area contributed by atoms with Crippen LogP contribution in [0.25, 0.3) is 0 Å². The first-order valence-electron chi connectivity index (χ1n) is 7.04. The fourth-order valence-electron chi connectivity index (χ4n) is 2.83. The molecule has 1 heterocycles. The molecule has 0 radical (unpaired) electrons. The van der Waals surface area contributed by atoms with Gasteiger partial charge in [0.25, 0.3) is 0 Å². The standard InChI is InChI=1S/C15H21NO2/c1-2-6-13(5-1)16-9-3-4-12-7-8-14-15(10-12)18-11-17-14/h7-8,10,13,16H,1-6,9,11H2. The summed E-state index contributed by atoms with van der Waals surface area (Å²) >= 11 is 0. The first-order valence-corrected chi connectivity index (χ1v) is 7.04. The maximum absolute atomic E-state index is 5.39. The van der Waals surface area contributed by atoms with Crippen LogP contribution >= 0.6 is 0 Å². The van der Waals surface area contributed by atoms with Crippen molar-refractivity contribution < 1.29 is 9.47 Å². The molecule has 1 N–H and O–H groups in total. The summed E-state index contributed by atoms with van der Waals surface area (Å²) in [5.41, 5.74) is 1.34. The fourth-order valence-corrected chi connectivity index (χ4v) is 2.83. The van der Waals surface area contributed by atoms with E-state index < -0.39 is 0 Å². The lowest BCUT2D eigenvalue weighted by molar-refractivity contribution is 0.174. The third kappa shape index (κ3) is 2.78. The Labute approximate surface area is 108 Å². The summed E-state index contributed by atoms with van der Waals surface area (Å²) in [5, 5.41) is 3.65. The molecular formula is C15H21NO2. The maximum atomic E-state index is 5.39. The second-order valence-electron chi connectivity index (χ2n) is 5.23. The highest BCUT2D eigenvalue weighted by Crippen LogP contribution is 2.32. The highest BCUT2D eigenvalue weighted by atomic mass is 16.7. The molecule has 3 nitrogen and oxygen atoms in total. The number of aryl methyl sites for hydroxylation is 1. The topological polar surface area (TPSA) is 30.5 Å². The number of nitrogens with one attached hydrogen (secondary N) is 1. The van der Waals surface area contributed by atoms with Crippen LogP contribution in [0.3, 0.4) is 0 Å². The summed E-state index contributed by atoms with van der Waals surface area (Å²) in [5.74, 6) is 1.78. The van der Waals surface area contributed by atoms with Gasteiger partial charge in [0.05, 0.1) is 0 Å². The van der Waals surface area contributed by atoms with Gasteiger partial charge in [-0.15, -0.1) is 0 Å². The van der Waals surface area contributed by atoms with Crippen LogP contribution in [0.4, 0.5) is 0 Å². The van der Waals surface area contributed by atoms with Crippen LogP contribution in [0.1, 0.15) is 37.7 Å². The lowest BCUT2D eigenvalue weighted by Crippen LogP contribution is -2.27. The van der Waals surface area contributed by atoms with Gasteiger partial charge in [0.15, 0.2) is 11.5 Å². The minimum Gasteiger partial charge on any atom is -0.454 e. The van der Waals surface area contributed by atoms with E-state index in [4.69, 9.17) is 9.47 Å². The molecule has 0 unspecified atom stereocenters. The van der Waals surface area contributed by atoms with Crippen molar-refractivity contribution in [2.24, 2.45) is 0 Å². The highest BCUT2D eigenvalue weighted by molar-refractivity contribution is 5.44. The van der Waals surface area contributed by atoms with Crippen molar-refractivity contribution in [3.05, 3.63) is 23.8 Å². The highest BCUT2D eigenvalue weighted by Gasteiger charge is 2.14. The number of hydrogen-bond donors (Lipinski definition) is 1. The third-order valence-corrected chi connectivity index (χ3v) is 3.87. The first-order chi connectivity index (χ1) is 8.92. The molecule has 0 atom stereocenters. The van der Waals surface area contributed by atoms with E-state index in [1.165, 1.54) is 37.7 Å². The summed E-state index contributed by atoms with van der Waals surface area (Å²) < 4.78 is 10.7. The van der Waals surface area contributed by atoms with Gasteiger partial charge in [0.1, 0.15) is 0 Å². The average molecular weight is 247 g/mol. The predicted octanol–water partition coefficient (Wildman–Crippen LogP) is 2.88. The lowest BCUT2D eigenvalue weighted by Gasteiger charge is -2.11. The van der Waals surface area contributed by atoms with Crippen LogP contribution in [0.5, 0.6) is 11.5 Å². The van der Waals surface area contributed by atoms with Gasteiger partial charge in [0, 0.05) is 6.04 Å². The summed E-state index contributed by atoms with van der Waals surface area (Å²) in [6.45, 7) is 1.49. The molecule has 1 fully saturated rings. The van der Waals surface area contributed by atoms with Crippen molar-refractivity contribution in [1.82, 2.24) is 5.32 Å². The molecule has 1 aliphatic heterocycles. The van der Waals surface area contributed by atoms with Crippen LogP contribution in [-0.2, 0) is 6.42 Å². The van der Waals surface area contributed by atoms with Gasteiger partial charge in [-0.25, -0.2) is 0 Å². The Hall–Kier alpha value is -1.22. The molecule has 3 rings (SSSR count). The third-order valence-electron chi connectivity index (χ3n) is 3.87. The zero-order valence-electron chi connectivity index (χ0n) is 10.8. The van der Waals surface area contributed by atoms with E-state index in [1.54, 1.807) is 0 Å². The van der Waals surface area contributed by atoms with Gasteiger partial charge in [-0.1, -0.05) is 18.9 Å². The second kappa shape index (κ2) is 5.61. The molecule has 0 bridgehead atoms. The number of rotatable bonds is 5. The minimum atomic E-state index is 0.363. The Bertz CT molecular complexity index is 399. The van der Waals surface area contributed by atoms with Gasteiger partial charge in [0.2, 0.25) is 6.79 Å². The summed E-state index contributed by atoms with van der Waals surface area (Å²) in [4.78, 5) is 0. The Balaban J connectivity index is 1.42. The van der Waals surface area contributed by atoms with Crippen LogP contribution in [0.2, 0.25) is 0 Å². The van der Waals surface area contributed by atoms with Gasteiger partial charge >= 0.3 is 0 Å². The Kier molecular flexibility index (Phi) is 3.69. The Morgan fingerprint density at radius 3 is 2.83 bits per heavy atom. The molecule has 0 saturated heterocycles. The largest absolute Gasteiger partial charge is 0.454 e. The molecule has 1 aromatic carbocycles. The zero-order chi connectivity index (χ0) is 12.2. The molecule has 0 amide bonds. The van der Waals surface area contributed by atoms with E-state index >= 15 is 0 Å². The van der Waals surface area contributed by atoms with Gasteiger partial charge in [-0.2, -0.15) is 0 Å². The summed E-state index contributed by atoms with van der Waals surface area (Å²) in [6, 6.07) is 7.05. The van der Waals surface area contributed by atoms with Crippen molar-refractivity contribution in [2.75, 3.05) is 13.3 Å².